The molecule has 1 aromatic carbocycles. The maximum atomic E-state index is 8.97. The fourth-order valence-corrected chi connectivity index (χ4v) is 1.50. The molecule has 0 aliphatic heterocycles. The van der Waals surface area contributed by atoms with Gasteiger partial charge in [0.1, 0.15) is 5.75 Å². The summed E-state index contributed by atoms with van der Waals surface area (Å²) in [4.78, 5) is 0. The Bertz CT molecular complexity index is 286. The number of rotatable bonds is 3. The molecule has 1 unspecified atom stereocenters. The maximum Gasteiger partial charge on any atom is 0.122 e. The van der Waals surface area contributed by atoms with Crippen molar-refractivity contribution in [2.75, 3.05) is 13.7 Å². The van der Waals surface area contributed by atoms with Crippen molar-refractivity contribution in [2.45, 2.75) is 5.92 Å². The molecule has 3 heteroatoms. The molecule has 0 spiro atoms. The first kappa shape index (κ1) is 10.5. The zero-order chi connectivity index (χ0) is 9.84. The normalized spacial score (nSPS) is 12.6. The van der Waals surface area contributed by atoms with E-state index in [0.717, 1.165) is 15.8 Å². The van der Waals surface area contributed by atoms with Gasteiger partial charge in [0.15, 0.2) is 0 Å². The molecule has 1 radical (unpaired) electrons. The summed E-state index contributed by atoms with van der Waals surface area (Å²) < 4.78 is 6.11. The van der Waals surface area contributed by atoms with Crippen molar-refractivity contribution >= 4 is 15.9 Å². The van der Waals surface area contributed by atoms with E-state index in [1.807, 2.05) is 18.2 Å². The highest BCUT2D eigenvalue weighted by atomic mass is 79.9. The lowest BCUT2D eigenvalue weighted by atomic mass is 10.0. The van der Waals surface area contributed by atoms with Gasteiger partial charge in [-0.25, -0.2) is 0 Å². The molecule has 2 nitrogen and oxygen atoms in total. The Hall–Kier alpha value is -0.540. The van der Waals surface area contributed by atoms with Crippen LogP contribution in [0.4, 0.5) is 0 Å². The van der Waals surface area contributed by atoms with Gasteiger partial charge in [-0.05, 0) is 25.1 Å². The summed E-state index contributed by atoms with van der Waals surface area (Å²) in [7, 11) is 1.61. The Balaban J connectivity index is 3.07. The van der Waals surface area contributed by atoms with Crippen LogP contribution in [0.3, 0.4) is 0 Å². The van der Waals surface area contributed by atoms with Gasteiger partial charge in [-0.3, -0.25) is 0 Å². The first-order chi connectivity index (χ1) is 6.19. The Morgan fingerprint density at radius 2 is 2.31 bits per heavy atom. The molecule has 0 aliphatic rings. The molecule has 0 bridgehead atoms. The predicted octanol–water partition coefficient (Wildman–Crippen LogP) is 2.37. The van der Waals surface area contributed by atoms with Crippen LogP contribution in [0.25, 0.3) is 0 Å². The zero-order valence-corrected chi connectivity index (χ0v) is 9.04. The molecule has 0 heterocycles. The van der Waals surface area contributed by atoms with Gasteiger partial charge >= 0.3 is 0 Å². The number of aliphatic hydroxyl groups excluding tert-OH is 1. The molecule has 0 saturated carbocycles. The highest BCUT2D eigenvalue weighted by Crippen LogP contribution is 2.28. The van der Waals surface area contributed by atoms with Crippen LogP contribution in [0.2, 0.25) is 0 Å². The standard InChI is InChI=1S/C10H12BrO2/c1-7(6-12)9-5-8(11)3-4-10(9)13-2/h3-5,7,12H,1,6H2,2H3. The van der Waals surface area contributed by atoms with Gasteiger partial charge in [0, 0.05) is 16.0 Å². The molecule has 13 heavy (non-hydrogen) atoms. The molecule has 1 rings (SSSR count). The minimum Gasteiger partial charge on any atom is -0.496 e. The second-order valence-corrected chi connectivity index (χ2v) is 3.68. The van der Waals surface area contributed by atoms with Crippen molar-refractivity contribution in [3.8, 4) is 5.75 Å². The Morgan fingerprint density at radius 3 is 2.85 bits per heavy atom. The van der Waals surface area contributed by atoms with E-state index in [-0.39, 0.29) is 12.5 Å². The third-order valence-corrected chi connectivity index (χ3v) is 2.35. The first-order valence-corrected chi connectivity index (χ1v) is 4.75. The number of halogens is 1. The number of benzene rings is 1. The van der Waals surface area contributed by atoms with Crippen LogP contribution in [-0.4, -0.2) is 18.8 Å². The van der Waals surface area contributed by atoms with Crippen LogP contribution < -0.4 is 4.74 Å². The summed E-state index contributed by atoms with van der Waals surface area (Å²) in [6.07, 6.45) is 0. The van der Waals surface area contributed by atoms with Gasteiger partial charge in [0.05, 0.1) is 13.7 Å². The second kappa shape index (κ2) is 4.63. The van der Waals surface area contributed by atoms with Crippen LogP contribution in [0.15, 0.2) is 22.7 Å². The van der Waals surface area contributed by atoms with Crippen molar-refractivity contribution in [1.29, 1.82) is 0 Å². The lowest BCUT2D eigenvalue weighted by Crippen LogP contribution is -2.01. The molecule has 0 aromatic heterocycles. The number of ether oxygens (including phenoxy) is 1. The molecule has 0 saturated heterocycles. The SMILES string of the molecule is [CH2]C(CO)c1cc(Br)ccc1OC. The van der Waals surface area contributed by atoms with Crippen LogP contribution in [0, 0.1) is 6.92 Å². The molecule has 1 atom stereocenters. The number of hydrogen-bond acceptors (Lipinski definition) is 2. The molecule has 1 aromatic rings. The lowest BCUT2D eigenvalue weighted by Gasteiger charge is -2.13. The third-order valence-electron chi connectivity index (χ3n) is 1.85. The quantitative estimate of drug-likeness (QED) is 0.884. The fraction of sp³-hybridized carbons (Fsp3) is 0.300. The van der Waals surface area contributed by atoms with E-state index in [1.165, 1.54) is 0 Å². The van der Waals surface area contributed by atoms with E-state index in [9.17, 15) is 0 Å². The van der Waals surface area contributed by atoms with Crippen molar-refractivity contribution in [3.05, 3.63) is 35.2 Å². The molecule has 71 valence electrons. The highest BCUT2D eigenvalue weighted by Gasteiger charge is 2.10. The maximum absolute atomic E-state index is 8.97. The van der Waals surface area contributed by atoms with Crippen LogP contribution in [0.1, 0.15) is 11.5 Å². The van der Waals surface area contributed by atoms with Crippen molar-refractivity contribution < 1.29 is 9.84 Å². The van der Waals surface area contributed by atoms with E-state index < -0.39 is 0 Å². The van der Waals surface area contributed by atoms with Gasteiger partial charge in [0.2, 0.25) is 0 Å². The summed E-state index contributed by atoms with van der Waals surface area (Å²) >= 11 is 3.36. The summed E-state index contributed by atoms with van der Waals surface area (Å²) in [5, 5.41) is 8.97. The van der Waals surface area contributed by atoms with Crippen LogP contribution in [0.5, 0.6) is 5.75 Å². The Labute approximate surface area is 86.7 Å². The van der Waals surface area contributed by atoms with E-state index in [4.69, 9.17) is 9.84 Å². The van der Waals surface area contributed by atoms with Crippen molar-refractivity contribution in [1.82, 2.24) is 0 Å². The van der Waals surface area contributed by atoms with E-state index >= 15 is 0 Å². The first-order valence-electron chi connectivity index (χ1n) is 3.96. The Morgan fingerprint density at radius 1 is 1.62 bits per heavy atom. The van der Waals surface area contributed by atoms with Gasteiger partial charge in [0.25, 0.3) is 0 Å². The highest BCUT2D eigenvalue weighted by molar-refractivity contribution is 9.10. The lowest BCUT2D eigenvalue weighted by molar-refractivity contribution is 0.279. The second-order valence-electron chi connectivity index (χ2n) is 2.77. The molecule has 0 fully saturated rings. The smallest absolute Gasteiger partial charge is 0.122 e. The number of methoxy groups -OCH3 is 1. The fourth-order valence-electron chi connectivity index (χ4n) is 1.12. The minimum absolute atomic E-state index is 0.0206. The molecule has 1 N–H and O–H groups in total. The molecule has 0 amide bonds. The zero-order valence-electron chi connectivity index (χ0n) is 7.46. The minimum atomic E-state index is -0.146. The molecular formula is C10H12BrO2. The van der Waals surface area contributed by atoms with Crippen molar-refractivity contribution in [3.63, 3.8) is 0 Å². The topological polar surface area (TPSA) is 29.5 Å². The number of hydrogen-bond donors (Lipinski definition) is 1. The van der Waals surface area contributed by atoms with Crippen LogP contribution >= 0.6 is 15.9 Å². The molecule has 0 aliphatic carbocycles. The summed E-state index contributed by atoms with van der Waals surface area (Å²) in [6, 6.07) is 5.66. The van der Waals surface area contributed by atoms with Gasteiger partial charge < -0.3 is 9.84 Å². The molecular weight excluding hydrogens is 232 g/mol. The average Bonchev–Trinajstić information content (AvgIpc) is 2.16. The van der Waals surface area contributed by atoms with E-state index in [1.54, 1.807) is 7.11 Å². The summed E-state index contributed by atoms with van der Waals surface area (Å²) in [6.45, 7) is 3.85. The Kier molecular flexibility index (Phi) is 3.75. The average molecular weight is 244 g/mol. The number of aliphatic hydroxyl groups is 1. The van der Waals surface area contributed by atoms with Gasteiger partial charge in [-0.2, -0.15) is 0 Å². The van der Waals surface area contributed by atoms with E-state index in [0.29, 0.717) is 0 Å². The van der Waals surface area contributed by atoms with Gasteiger partial charge in [-0.1, -0.05) is 15.9 Å². The van der Waals surface area contributed by atoms with E-state index in [2.05, 4.69) is 22.9 Å². The summed E-state index contributed by atoms with van der Waals surface area (Å²) in [5.74, 6) is 0.615. The van der Waals surface area contributed by atoms with Crippen molar-refractivity contribution in [2.24, 2.45) is 0 Å². The third kappa shape index (κ3) is 2.45. The predicted molar refractivity (Wildman–Crippen MR) is 55.9 cm³/mol. The van der Waals surface area contributed by atoms with Crippen LogP contribution in [-0.2, 0) is 0 Å². The van der Waals surface area contributed by atoms with Gasteiger partial charge in [-0.15, -0.1) is 0 Å². The monoisotopic (exact) mass is 243 g/mol. The largest absolute Gasteiger partial charge is 0.496 e. The summed E-state index contributed by atoms with van der Waals surface area (Å²) in [5.41, 5.74) is 0.916.